The zero-order valence-electron chi connectivity index (χ0n) is 14.6. The molecule has 0 aromatic heterocycles. The Morgan fingerprint density at radius 3 is 2.42 bits per heavy atom. The third kappa shape index (κ3) is 8.09. The molecule has 1 atom stereocenters. The van der Waals surface area contributed by atoms with E-state index in [9.17, 15) is 14.0 Å². The summed E-state index contributed by atoms with van der Waals surface area (Å²) in [6.07, 6.45) is 4.64. The van der Waals surface area contributed by atoms with Crippen LogP contribution in [0.25, 0.3) is 0 Å². The SMILES string of the molecule is CCCCCCCOC(=O)CCC(=O)OC(C)c1ccccc1F. The first-order valence-corrected chi connectivity index (χ1v) is 8.64. The first-order chi connectivity index (χ1) is 11.5. The highest BCUT2D eigenvalue weighted by molar-refractivity contribution is 5.77. The van der Waals surface area contributed by atoms with Crippen molar-refractivity contribution in [1.82, 2.24) is 0 Å². The second-order valence-corrected chi connectivity index (χ2v) is 5.79. The minimum atomic E-state index is -0.687. The van der Waals surface area contributed by atoms with Crippen LogP contribution in [0.2, 0.25) is 0 Å². The molecule has 0 saturated heterocycles. The molecule has 1 aromatic carbocycles. The van der Waals surface area contributed by atoms with Gasteiger partial charge in [0.15, 0.2) is 0 Å². The largest absolute Gasteiger partial charge is 0.466 e. The summed E-state index contributed by atoms with van der Waals surface area (Å²) in [6.45, 7) is 4.14. The van der Waals surface area contributed by atoms with Crippen LogP contribution < -0.4 is 0 Å². The summed E-state index contributed by atoms with van der Waals surface area (Å²) in [5, 5.41) is 0. The molecule has 0 aliphatic rings. The molecular weight excluding hydrogens is 311 g/mol. The number of carbonyl (C=O) groups is 2. The quantitative estimate of drug-likeness (QED) is 0.432. The third-order valence-electron chi connectivity index (χ3n) is 3.70. The highest BCUT2D eigenvalue weighted by atomic mass is 19.1. The van der Waals surface area contributed by atoms with E-state index in [2.05, 4.69) is 6.92 Å². The summed E-state index contributed by atoms with van der Waals surface area (Å²) in [6, 6.07) is 6.14. The van der Waals surface area contributed by atoms with Gasteiger partial charge in [-0.3, -0.25) is 9.59 Å². The van der Waals surface area contributed by atoms with Gasteiger partial charge in [0.05, 0.1) is 19.4 Å². The molecule has 24 heavy (non-hydrogen) atoms. The Morgan fingerprint density at radius 1 is 1.04 bits per heavy atom. The number of rotatable bonds is 11. The Labute approximate surface area is 143 Å². The molecule has 0 radical (unpaired) electrons. The topological polar surface area (TPSA) is 52.6 Å². The van der Waals surface area contributed by atoms with Crippen LogP contribution in [0, 0.1) is 5.82 Å². The van der Waals surface area contributed by atoms with Crippen molar-refractivity contribution in [3.05, 3.63) is 35.6 Å². The van der Waals surface area contributed by atoms with Crippen molar-refractivity contribution in [2.24, 2.45) is 0 Å². The minimum absolute atomic E-state index is 0.0161. The minimum Gasteiger partial charge on any atom is -0.466 e. The van der Waals surface area contributed by atoms with Crippen molar-refractivity contribution in [2.45, 2.75) is 64.9 Å². The van der Waals surface area contributed by atoms with Crippen molar-refractivity contribution in [3.8, 4) is 0 Å². The van der Waals surface area contributed by atoms with Crippen LogP contribution in [-0.2, 0) is 19.1 Å². The second kappa shape index (κ2) is 11.6. The van der Waals surface area contributed by atoms with E-state index in [-0.39, 0.29) is 12.8 Å². The number of benzene rings is 1. The molecule has 5 heteroatoms. The number of unbranched alkanes of at least 4 members (excludes halogenated alkanes) is 4. The zero-order chi connectivity index (χ0) is 17.8. The van der Waals surface area contributed by atoms with Crippen molar-refractivity contribution >= 4 is 11.9 Å². The lowest BCUT2D eigenvalue weighted by molar-refractivity contribution is -0.153. The lowest BCUT2D eigenvalue weighted by atomic mass is 10.1. The summed E-state index contributed by atoms with van der Waals surface area (Å²) < 4.78 is 23.8. The fourth-order valence-corrected chi connectivity index (χ4v) is 2.29. The molecule has 0 bridgehead atoms. The average Bonchev–Trinajstić information content (AvgIpc) is 2.56. The molecule has 0 aliphatic carbocycles. The fraction of sp³-hybridized carbons (Fsp3) is 0.579. The highest BCUT2D eigenvalue weighted by Gasteiger charge is 2.16. The maximum absolute atomic E-state index is 13.6. The molecule has 0 heterocycles. The van der Waals surface area contributed by atoms with E-state index in [1.807, 2.05) is 0 Å². The first-order valence-electron chi connectivity index (χ1n) is 8.64. The van der Waals surface area contributed by atoms with Crippen LogP contribution in [-0.4, -0.2) is 18.5 Å². The monoisotopic (exact) mass is 338 g/mol. The van der Waals surface area contributed by atoms with Crippen molar-refractivity contribution in [2.75, 3.05) is 6.61 Å². The van der Waals surface area contributed by atoms with Crippen LogP contribution in [0.4, 0.5) is 4.39 Å². The van der Waals surface area contributed by atoms with Gasteiger partial charge in [0.2, 0.25) is 0 Å². The fourth-order valence-electron chi connectivity index (χ4n) is 2.29. The van der Waals surface area contributed by atoms with E-state index >= 15 is 0 Å². The van der Waals surface area contributed by atoms with E-state index in [0.29, 0.717) is 12.2 Å². The Hall–Kier alpha value is -1.91. The molecule has 0 saturated carbocycles. The normalized spacial score (nSPS) is 11.8. The average molecular weight is 338 g/mol. The Bertz CT molecular complexity index is 516. The van der Waals surface area contributed by atoms with Gasteiger partial charge in [-0.25, -0.2) is 4.39 Å². The first kappa shape index (κ1) is 20.1. The standard InChI is InChI=1S/C19H27FO4/c1-3-4-5-6-9-14-23-18(21)12-13-19(22)24-15(2)16-10-7-8-11-17(16)20/h7-8,10-11,15H,3-6,9,12-14H2,1-2H3. The maximum atomic E-state index is 13.6. The number of hydrogen-bond acceptors (Lipinski definition) is 4. The van der Waals surface area contributed by atoms with Gasteiger partial charge >= 0.3 is 11.9 Å². The lowest BCUT2D eigenvalue weighted by Gasteiger charge is -2.14. The molecule has 1 rings (SSSR count). The molecule has 0 aliphatic heterocycles. The van der Waals surface area contributed by atoms with Gasteiger partial charge in [0.25, 0.3) is 0 Å². The molecule has 134 valence electrons. The molecule has 0 fully saturated rings. The Morgan fingerprint density at radius 2 is 1.71 bits per heavy atom. The number of ether oxygens (including phenoxy) is 2. The molecule has 1 unspecified atom stereocenters. The highest BCUT2D eigenvalue weighted by Crippen LogP contribution is 2.20. The summed E-state index contributed by atoms with van der Waals surface area (Å²) >= 11 is 0. The van der Waals surface area contributed by atoms with E-state index in [4.69, 9.17) is 9.47 Å². The smallest absolute Gasteiger partial charge is 0.306 e. The number of hydrogen-bond donors (Lipinski definition) is 0. The molecule has 0 amide bonds. The summed E-state index contributed by atoms with van der Waals surface area (Å²) in [7, 11) is 0. The number of halogens is 1. The van der Waals surface area contributed by atoms with Crippen LogP contribution in [0.15, 0.2) is 24.3 Å². The lowest BCUT2D eigenvalue weighted by Crippen LogP contribution is -2.13. The predicted molar refractivity (Wildman–Crippen MR) is 89.9 cm³/mol. The second-order valence-electron chi connectivity index (χ2n) is 5.79. The van der Waals surface area contributed by atoms with Gasteiger partial charge in [0, 0.05) is 5.56 Å². The van der Waals surface area contributed by atoms with Crippen molar-refractivity contribution in [1.29, 1.82) is 0 Å². The number of esters is 2. The summed E-state index contributed by atoms with van der Waals surface area (Å²) in [5.41, 5.74) is 0.320. The van der Waals surface area contributed by atoms with Gasteiger partial charge in [-0.1, -0.05) is 50.8 Å². The Kier molecular flexibility index (Phi) is 9.73. The molecule has 0 N–H and O–H groups in total. The van der Waals surface area contributed by atoms with Crippen molar-refractivity contribution in [3.63, 3.8) is 0 Å². The van der Waals surface area contributed by atoms with E-state index in [0.717, 1.165) is 19.3 Å². The van der Waals surface area contributed by atoms with Gasteiger partial charge in [-0.05, 0) is 19.4 Å². The van der Waals surface area contributed by atoms with E-state index in [1.165, 1.54) is 18.9 Å². The Balaban J connectivity index is 2.19. The van der Waals surface area contributed by atoms with Gasteiger partial charge < -0.3 is 9.47 Å². The summed E-state index contributed by atoms with van der Waals surface area (Å²) in [5.74, 6) is -1.35. The molecule has 4 nitrogen and oxygen atoms in total. The zero-order valence-corrected chi connectivity index (χ0v) is 14.6. The number of carbonyl (C=O) groups excluding carboxylic acids is 2. The van der Waals surface area contributed by atoms with Gasteiger partial charge in [0.1, 0.15) is 11.9 Å². The summed E-state index contributed by atoms with van der Waals surface area (Å²) in [4.78, 5) is 23.3. The van der Waals surface area contributed by atoms with Crippen molar-refractivity contribution < 1.29 is 23.5 Å². The van der Waals surface area contributed by atoms with E-state index < -0.39 is 23.9 Å². The molecule has 0 spiro atoms. The van der Waals surface area contributed by atoms with Gasteiger partial charge in [-0.15, -0.1) is 0 Å². The van der Waals surface area contributed by atoms with Crippen LogP contribution in [0.3, 0.4) is 0 Å². The van der Waals surface area contributed by atoms with E-state index in [1.54, 1.807) is 25.1 Å². The third-order valence-corrected chi connectivity index (χ3v) is 3.70. The van der Waals surface area contributed by atoms with Gasteiger partial charge in [-0.2, -0.15) is 0 Å². The molecule has 1 aromatic rings. The maximum Gasteiger partial charge on any atom is 0.306 e. The predicted octanol–water partition coefficient (Wildman–Crippen LogP) is 4.72. The van der Waals surface area contributed by atoms with Crippen LogP contribution >= 0.6 is 0 Å². The molecular formula is C19H27FO4. The van der Waals surface area contributed by atoms with Crippen LogP contribution in [0.5, 0.6) is 0 Å². The van der Waals surface area contributed by atoms with Crippen LogP contribution in [0.1, 0.15) is 70.5 Å².